The quantitative estimate of drug-likeness (QED) is 0.712. The van der Waals surface area contributed by atoms with E-state index < -0.39 is 0 Å². The van der Waals surface area contributed by atoms with Gasteiger partial charge in [-0.3, -0.25) is 4.79 Å². The van der Waals surface area contributed by atoms with E-state index >= 15 is 0 Å². The number of rotatable bonds is 0. The topological polar surface area (TPSA) is 32.9 Å². The number of hydrogen-bond donors (Lipinski definition) is 1. The van der Waals surface area contributed by atoms with Crippen LogP contribution >= 0.6 is 15.9 Å². The van der Waals surface area contributed by atoms with E-state index in [-0.39, 0.29) is 5.56 Å². The Morgan fingerprint density at radius 3 is 2.36 bits per heavy atom. The Balaban J connectivity index is 0.000000461. The van der Waals surface area contributed by atoms with Gasteiger partial charge in [0.25, 0.3) is 5.56 Å². The van der Waals surface area contributed by atoms with Crippen LogP contribution in [0.5, 0.6) is 0 Å². The average molecular weight is 218 g/mol. The highest BCUT2D eigenvalue weighted by atomic mass is 79.9. The molecule has 0 aliphatic carbocycles. The van der Waals surface area contributed by atoms with E-state index in [1.54, 1.807) is 6.20 Å². The van der Waals surface area contributed by atoms with Gasteiger partial charge in [0.1, 0.15) is 0 Å². The number of aromatic nitrogens is 1. The van der Waals surface area contributed by atoms with Crippen molar-refractivity contribution >= 4 is 15.9 Å². The highest BCUT2D eigenvalue weighted by molar-refractivity contribution is 9.10. The summed E-state index contributed by atoms with van der Waals surface area (Å²) in [5.41, 5.74) is 0.883. The van der Waals surface area contributed by atoms with Gasteiger partial charge in [-0.15, -0.1) is 0 Å². The average Bonchev–Trinajstić information content (AvgIpc) is 2.04. The van der Waals surface area contributed by atoms with Crippen LogP contribution in [-0.4, -0.2) is 4.98 Å². The summed E-state index contributed by atoms with van der Waals surface area (Å²) in [5.74, 6) is 0. The fraction of sp³-hybridized carbons (Fsp3) is 0.375. The van der Waals surface area contributed by atoms with Crippen molar-refractivity contribution in [2.24, 2.45) is 0 Å². The molecular formula is C8H12BrNO. The van der Waals surface area contributed by atoms with Crippen molar-refractivity contribution in [3.8, 4) is 0 Å². The predicted octanol–water partition coefficient (Wildman–Crippen LogP) is 2.47. The van der Waals surface area contributed by atoms with Gasteiger partial charge in [-0.25, -0.2) is 0 Å². The van der Waals surface area contributed by atoms with E-state index in [9.17, 15) is 4.79 Å². The van der Waals surface area contributed by atoms with Crippen LogP contribution in [0.3, 0.4) is 0 Å². The molecule has 11 heavy (non-hydrogen) atoms. The van der Waals surface area contributed by atoms with Crippen molar-refractivity contribution < 1.29 is 0 Å². The fourth-order valence-corrected chi connectivity index (χ4v) is 0.805. The van der Waals surface area contributed by atoms with Crippen molar-refractivity contribution in [1.29, 1.82) is 0 Å². The molecule has 0 bridgehead atoms. The van der Waals surface area contributed by atoms with E-state index in [1.165, 1.54) is 0 Å². The van der Waals surface area contributed by atoms with Crippen LogP contribution in [0.1, 0.15) is 19.4 Å². The first kappa shape index (κ1) is 10.4. The first-order chi connectivity index (χ1) is 5.22. The van der Waals surface area contributed by atoms with E-state index in [0.29, 0.717) is 4.47 Å². The normalized spacial score (nSPS) is 8.36. The van der Waals surface area contributed by atoms with Crippen molar-refractivity contribution in [1.82, 2.24) is 4.98 Å². The van der Waals surface area contributed by atoms with Crippen molar-refractivity contribution in [2.45, 2.75) is 20.8 Å². The van der Waals surface area contributed by atoms with Crippen molar-refractivity contribution in [3.63, 3.8) is 0 Å². The molecule has 0 aromatic carbocycles. The Kier molecular flexibility index (Phi) is 4.86. The predicted molar refractivity (Wildman–Crippen MR) is 50.8 cm³/mol. The Labute approximate surface area is 74.8 Å². The van der Waals surface area contributed by atoms with Gasteiger partial charge in [0.2, 0.25) is 0 Å². The molecule has 0 aliphatic rings. The molecule has 0 fully saturated rings. The second-order valence-corrected chi connectivity index (χ2v) is 2.60. The van der Waals surface area contributed by atoms with Gasteiger partial charge >= 0.3 is 0 Å². The molecule has 1 aromatic rings. The molecule has 62 valence electrons. The van der Waals surface area contributed by atoms with Gasteiger partial charge in [-0.05, 0) is 34.5 Å². The Morgan fingerprint density at radius 2 is 2.00 bits per heavy atom. The van der Waals surface area contributed by atoms with Crippen LogP contribution in [0.15, 0.2) is 21.5 Å². The van der Waals surface area contributed by atoms with E-state index in [4.69, 9.17) is 0 Å². The van der Waals surface area contributed by atoms with Gasteiger partial charge in [-0.1, -0.05) is 13.8 Å². The van der Waals surface area contributed by atoms with Crippen LogP contribution < -0.4 is 5.56 Å². The second-order valence-electron chi connectivity index (χ2n) is 1.80. The van der Waals surface area contributed by atoms with Crippen LogP contribution in [0.2, 0.25) is 0 Å². The molecule has 1 N–H and O–H groups in total. The number of nitrogens with one attached hydrogen (secondary N) is 1. The highest BCUT2D eigenvalue weighted by Crippen LogP contribution is 2.06. The fourth-order valence-electron chi connectivity index (χ4n) is 0.558. The van der Waals surface area contributed by atoms with Crippen LogP contribution in [0.25, 0.3) is 0 Å². The molecule has 2 nitrogen and oxygen atoms in total. The lowest BCUT2D eigenvalue weighted by Gasteiger charge is -1.91. The molecule has 0 aliphatic heterocycles. The maximum atomic E-state index is 10.7. The van der Waals surface area contributed by atoms with Gasteiger partial charge in [0.05, 0.1) is 4.47 Å². The summed E-state index contributed by atoms with van der Waals surface area (Å²) < 4.78 is 0.616. The number of hydrogen-bond acceptors (Lipinski definition) is 1. The summed E-state index contributed by atoms with van der Waals surface area (Å²) in [7, 11) is 0. The lowest BCUT2D eigenvalue weighted by atomic mass is 10.3. The molecular weight excluding hydrogens is 206 g/mol. The molecule has 1 heterocycles. The lowest BCUT2D eigenvalue weighted by molar-refractivity contribution is 1.18. The Morgan fingerprint density at radius 1 is 1.45 bits per heavy atom. The molecule has 1 aromatic heterocycles. The minimum Gasteiger partial charge on any atom is -0.328 e. The monoisotopic (exact) mass is 217 g/mol. The molecule has 1 rings (SSSR count). The zero-order chi connectivity index (χ0) is 8.85. The van der Waals surface area contributed by atoms with Gasteiger partial charge in [0.15, 0.2) is 0 Å². The number of aromatic amines is 1. The third-order valence-electron chi connectivity index (χ3n) is 1.09. The third kappa shape index (κ3) is 2.89. The molecule has 0 spiro atoms. The van der Waals surface area contributed by atoms with E-state index in [0.717, 1.165) is 5.56 Å². The zero-order valence-corrected chi connectivity index (χ0v) is 8.53. The molecule has 0 atom stereocenters. The third-order valence-corrected chi connectivity index (χ3v) is 2.08. The molecule has 0 saturated carbocycles. The SMILES string of the molecule is CC.Cc1cc[nH]c(=O)c1Br. The standard InChI is InChI=1S/C6H6BrNO.C2H6/c1-4-2-3-8-6(9)5(4)7;1-2/h2-3H,1H3,(H,8,9);1-2H3. The van der Waals surface area contributed by atoms with E-state index in [1.807, 2.05) is 26.8 Å². The summed E-state index contributed by atoms with van der Waals surface area (Å²) >= 11 is 3.14. The maximum Gasteiger partial charge on any atom is 0.262 e. The van der Waals surface area contributed by atoms with E-state index in [2.05, 4.69) is 20.9 Å². The largest absolute Gasteiger partial charge is 0.328 e. The van der Waals surface area contributed by atoms with Crippen molar-refractivity contribution in [3.05, 3.63) is 32.7 Å². The minimum atomic E-state index is -0.0741. The summed E-state index contributed by atoms with van der Waals surface area (Å²) in [6.07, 6.45) is 1.63. The number of halogens is 1. The summed E-state index contributed by atoms with van der Waals surface area (Å²) in [6.45, 7) is 5.87. The van der Waals surface area contributed by atoms with Crippen molar-refractivity contribution in [2.75, 3.05) is 0 Å². The molecule has 0 unspecified atom stereocenters. The first-order valence-electron chi connectivity index (χ1n) is 3.55. The molecule has 0 radical (unpaired) electrons. The number of aryl methyl sites for hydroxylation is 1. The lowest BCUT2D eigenvalue weighted by Crippen LogP contribution is -2.05. The zero-order valence-electron chi connectivity index (χ0n) is 6.94. The highest BCUT2D eigenvalue weighted by Gasteiger charge is 1.94. The smallest absolute Gasteiger partial charge is 0.262 e. The van der Waals surface area contributed by atoms with Gasteiger partial charge in [-0.2, -0.15) is 0 Å². The van der Waals surface area contributed by atoms with Gasteiger partial charge < -0.3 is 4.98 Å². The maximum absolute atomic E-state index is 10.7. The first-order valence-corrected chi connectivity index (χ1v) is 4.35. The Bertz CT molecular complexity index is 267. The molecule has 0 saturated heterocycles. The number of pyridine rings is 1. The summed E-state index contributed by atoms with van der Waals surface area (Å²) in [5, 5.41) is 0. The van der Waals surface area contributed by atoms with Crippen LogP contribution in [-0.2, 0) is 0 Å². The summed E-state index contributed by atoms with van der Waals surface area (Å²) in [4.78, 5) is 13.3. The Hall–Kier alpha value is -0.570. The summed E-state index contributed by atoms with van der Waals surface area (Å²) in [6, 6.07) is 1.84. The van der Waals surface area contributed by atoms with Crippen LogP contribution in [0.4, 0.5) is 0 Å². The number of H-pyrrole nitrogens is 1. The minimum absolute atomic E-state index is 0.0741. The molecule has 3 heteroatoms. The van der Waals surface area contributed by atoms with Gasteiger partial charge in [0, 0.05) is 6.20 Å². The molecule has 0 amide bonds. The second kappa shape index (κ2) is 5.13. The van der Waals surface area contributed by atoms with Crippen LogP contribution in [0, 0.1) is 6.92 Å².